The number of nitrogens with one attached hydrogen (secondary N) is 1. The molecule has 1 aromatic heterocycles. The molecule has 5 heteroatoms. The van der Waals surface area contributed by atoms with Crippen molar-refractivity contribution in [2.75, 3.05) is 11.9 Å². The Labute approximate surface area is 106 Å². The lowest BCUT2D eigenvalue weighted by molar-refractivity contribution is 0.373. The molecule has 1 N–H and O–H groups in total. The SMILES string of the molecule is N#Cc1c(Cl)ncnc1NCC1CCCCC1. The Hall–Kier alpha value is -1.34. The first-order valence-corrected chi connectivity index (χ1v) is 6.33. The lowest BCUT2D eigenvalue weighted by Gasteiger charge is -2.22. The number of aromatic nitrogens is 2. The predicted molar refractivity (Wildman–Crippen MR) is 66.8 cm³/mol. The molecule has 4 nitrogen and oxygen atoms in total. The second kappa shape index (κ2) is 5.83. The Morgan fingerprint density at radius 2 is 2.12 bits per heavy atom. The molecule has 0 saturated heterocycles. The van der Waals surface area contributed by atoms with Crippen molar-refractivity contribution in [2.24, 2.45) is 5.92 Å². The van der Waals surface area contributed by atoms with Crippen LogP contribution in [0.25, 0.3) is 0 Å². The van der Waals surface area contributed by atoms with Gasteiger partial charge in [-0.1, -0.05) is 30.9 Å². The van der Waals surface area contributed by atoms with Crippen molar-refractivity contribution in [3.8, 4) is 6.07 Å². The highest BCUT2D eigenvalue weighted by Crippen LogP contribution is 2.25. The number of rotatable bonds is 3. The summed E-state index contributed by atoms with van der Waals surface area (Å²) in [4.78, 5) is 7.86. The number of hydrogen-bond acceptors (Lipinski definition) is 4. The van der Waals surface area contributed by atoms with E-state index in [4.69, 9.17) is 16.9 Å². The van der Waals surface area contributed by atoms with Gasteiger partial charge in [0.15, 0.2) is 5.15 Å². The number of nitrogens with zero attached hydrogens (tertiary/aromatic N) is 3. The van der Waals surface area contributed by atoms with E-state index in [2.05, 4.69) is 15.3 Å². The molecular weight excluding hydrogens is 236 g/mol. The van der Waals surface area contributed by atoms with Crippen LogP contribution >= 0.6 is 11.6 Å². The summed E-state index contributed by atoms with van der Waals surface area (Å²) in [7, 11) is 0. The van der Waals surface area contributed by atoms with Gasteiger partial charge >= 0.3 is 0 Å². The molecule has 1 heterocycles. The maximum Gasteiger partial charge on any atom is 0.152 e. The van der Waals surface area contributed by atoms with Gasteiger partial charge in [-0.3, -0.25) is 0 Å². The van der Waals surface area contributed by atoms with Crippen LogP contribution in [0, 0.1) is 17.2 Å². The van der Waals surface area contributed by atoms with Gasteiger partial charge in [-0.2, -0.15) is 5.26 Å². The van der Waals surface area contributed by atoms with E-state index in [1.54, 1.807) is 0 Å². The van der Waals surface area contributed by atoms with Gasteiger partial charge in [0.2, 0.25) is 0 Å². The Balaban J connectivity index is 1.99. The fraction of sp³-hybridized carbons (Fsp3) is 0.583. The van der Waals surface area contributed by atoms with Crippen LogP contribution in [0.3, 0.4) is 0 Å². The first-order valence-electron chi connectivity index (χ1n) is 5.95. The fourth-order valence-electron chi connectivity index (χ4n) is 2.23. The molecule has 1 fully saturated rings. The molecule has 0 unspecified atom stereocenters. The molecular formula is C12H15ClN4. The normalized spacial score (nSPS) is 16.5. The highest BCUT2D eigenvalue weighted by molar-refractivity contribution is 6.30. The third-order valence-electron chi connectivity index (χ3n) is 3.20. The molecule has 1 aliphatic carbocycles. The molecule has 1 aromatic rings. The van der Waals surface area contributed by atoms with Crippen LogP contribution in [0.4, 0.5) is 5.82 Å². The van der Waals surface area contributed by atoms with Gasteiger partial charge in [0.25, 0.3) is 0 Å². The molecule has 90 valence electrons. The highest BCUT2D eigenvalue weighted by atomic mass is 35.5. The number of halogens is 1. The van der Waals surface area contributed by atoms with Crippen molar-refractivity contribution in [2.45, 2.75) is 32.1 Å². The minimum atomic E-state index is 0.216. The summed E-state index contributed by atoms with van der Waals surface area (Å²) in [5.74, 6) is 1.24. The first kappa shape index (κ1) is 12.1. The molecule has 0 atom stereocenters. The number of nitriles is 1. The topological polar surface area (TPSA) is 61.6 Å². The van der Waals surface area contributed by atoms with E-state index in [0.717, 1.165) is 6.54 Å². The smallest absolute Gasteiger partial charge is 0.152 e. The van der Waals surface area contributed by atoms with Crippen LogP contribution < -0.4 is 5.32 Å². The second-order valence-corrected chi connectivity index (χ2v) is 4.74. The highest BCUT2D eigenvalue weighted by Gasteiger charge is 2.15. The lowest BCUT2D eigenvalue weighted by atomic mass is 9.89. The average molecular weight is 251 g/mol. The second-order valence-electron chi connectivity index (χ2n) is 4.38. The Morgan fingerprint density at radius 1 is 1.35 bits per heavy atom. The van der Waals surface area contributed by atoms with Gasteiger partial charge in [-0.15, -0.1) is 0 Å². The van der Waals surface area contributed by atoms with Crippen LogP contribution in [0.2, 0.25) is 5.15 Å². The monoisotopic (exact) mass is 250 g/mol. The van der Waals surface area contributed by atoms with Gasteiger partial charge in [0, 0.05) is 6.54 Å². The third kappa shape index (κ3) is 3.07. The van der Waals surface area contributed by atoms with Gasteiger partial charge < -0.3 is 5.32 Å². The van der Waals surface area contributed by atoms with Crippen molar-refractivity contribution >= 4 is 17.4 Å². The molecule has 0 aromatic carbocycles. The first-order chi connectivity index (χ1) is 8.31. The van der Waals surface area contributed by atoms with E-state index >= 15 is 0 Å². The van der Waals surface area contributed by atoms with Crippen molar-refractivity contribution in [1.29, 1.82) is 5.26 Å². The zero-order chi connectivity index (χ0) is 12.1. The molecule has 0 spiro atoms. The van der Waals surface area contributed by atoms with E-state index in [1.165, 1.54) is 38.4 Å². The maximum absolute atomic E-state index is 8.98. The zero-order valence-corrected chi connectivity index (χ0v) is 10.4. The minimum absolute atomic E-state index is 0.216. The zero-order valence-electron chi connectivity index (χ0n) is 9.62. The maximum atomic E-state index is 8.98. The molecule has 0 radical (unpaired) electrons. The van der Waals surface area contributed by atoms with Crippen LogP contribution in [0.1, 0.15) is 37.7 Å². The van der Waals surface area contributed by atoms with Gasteiger partial charge in [-0.05, 0) is 18.8 Å². The molecule has 0 aliphatic heterocycles. The lowest BCUT2D eigenvalue weighted by Crippen LogP contribution is -2.18. The standard InChI is InChI=1S/C12H15ClN4/c13-11-10(6-14)12(17-8-16-11)15-7-9-4-2-1-3-5-9/h8-9H,1-5,7H2,(H,15,16,17). The summed E-state index contributed by atoms with van der Waals surface area (Å²) in [5, 5.41) is 12.4. The van der Waals surface area contributed by atoms with Crippen LogP contribution in [-0.2, 0) is 0 Å². The van der Waals surface area contributed by atoms with Crippen molar-refractivity contribution in [3.05, 3.63) is 17.0 Å². The van der Waals surface area contributed by atoms with Crippen LogP contribution in [0.5, 0.6) is 0 Å². The summed E-state index contributed by atoms with van der Waals surface area (Å²) >= 11 is 5.84. The van der Waals surface area contributed by atoms with Gasteiger partial charge in [0.1, 0.15) is 23.8 Å². The summed E-state index contributed by atoms with van der Waals surface area (Å²) in [6.07, 6.45) is 7.86. The number of anilines is 1. The molecule has 17 heavy (non-hydrogen) atoms. The van der Waals surface area contributed by atoms with Crippen molar-refractivity contribution in [3.63, 3.8) is 0 Å². The van der Waals surface area contributed by atoms with E-state index in [0.29, 0.717) is 17.3 Å². The molecule has 2 rings (SSSR count). The van der Waals surface area contributed by atoms with Crippen LogP contribution in [0.15, 0.2) is 6.33 Å². The quantitative estimate of drug-likeness (QED) is 0.838. The summed E-state index contributed by atoms with van der Waals surface area (Å²) in [6, 6.07) is 2.03. The Bertz CT molecular complexity index is 421. The Morgan fingerprint density at radius 3 is 2.82 bits per heavy atom. The summed E-state index contributed by atoms with van der Waals surface area (Å²) < 4.78 is 0. The minimum Gasteiger partial charge on any atom is -0.369 e. The van der Waals surface area contributed by atoms with E-state index in [9.17, 15) is 0 Å². The molecule has 1 aliphatic rings. The van der Waals surface area contributed by atoms with E-state index in [1.807, 2.05) is 6.07 Å². The summed E-state index contributed by atoms with van der Waals surface area (Å²) in [5.41, 5.74) is 0.338. The molecule has 0 amide bonds. The summed E-state index contributed by atoms with van der Waals surface area (Å²) in [6.45, 7) is 0.863. The van der Waals surface area contributed by atoms with Crippen LogP contribution in [-0.4, -0.2) is 16.5 Å². The van der Waals surface area contributed by atoms with E-state index < -0.39 is 0 Å². The van der Waals surface area contributed by atoms with E-state index in [-0.39, 0.29) is 5.15 Å². The predicted octanol–water partition coefficient (Wildman–Crippen LogP) is 2.99. The Kier molecular flexibility index (Phi) is 4.16. The molecule has 0 bridgehead atoms. The van der Waals surface area contributed by atoms with Gasteiger partial charge in [-0.25, -0.2) is 9.97 Å². The van der Waals surface area contributed by atoms with Crippen molar-refractivity contribution < 1.29 is 0 Å². The largest absolute Gasteiger partial charge is 0.369 e. The average Bonchev–Trinajstić information content (AvgIpc) is 2.37. The van der Waals surface area contributed by atoms with Crippen molar-refractivity contribution in [1.82, 2.24) is 9.97 Å². The number of hydrogen-bond donors (Lipinski definition) is 1. The molecule has 1 saturated carbocycles. The van der Waals surface area contributed by atoms with Gasteiger partial charge in [0.05, 0.1) is 0 Å². The third-order valence-corrected chi connectivity index (χ3v) is 3.48. The fourth-order valence-corrected chi connectivity index (χ4v) is 2.40.